The van der Waals surface area contributed by atoms with Crippen molar-refractivity contribution in [3.8, 4) is 0 Å². The number of nitrogens with one attached hydrogen (secondary N) is 1. The van der Waals surface area contributed by atoms with Crippen LogP contribution in [0.5, 0.6) is 0 Å². The van der Waals surface area contributed by atoms with Crippen LogP contribution in [0.1, 0.15) is 50.0 Å². The van der Waals surface area contributed by atoms with Gasteiger partial charge < -0.3 is 10.2 Å². The molecule has 35 heavy (non-hydrogen) atoms. The number of benzene rings is 2. The topological polar surface area (TPSA) is 104 Å². The highest BCUT2D eigenvalue weighted by molar-refractivity contribution is 7.90. The molecule has 0 fully saturated rings. The van der Waals surface area contributed by atoms with E-state index < -0.39 is 39.3 Å². The summed E-state index contributed by atoms with van der Waals surface area (Å²) in [5, 5.41) is 3.49. The number of amides is 3. The third kappa shape index (κ3) is 5.79. The zero-order valence-electron chi connectivity index (χ0n) is 19.8. The Kier molecular flexibility index (Phi) is 7.83. The summed E-state index contributed by atoms with van der Waals surface area (Å²) in [5.41, 5.74) is -0.0151. The fourth-order valence-corrected chi connectivity index (χ4v) is 5.79. The van der Waals surface area contributed by atoms with Gasteiger partial charge in [0.1, 0.15) is 10.9 Å². The van der Waals surface area contributed by atoms with Gasteiger partial charge in [-0.05, 0) is 52.0 Å². The van der Waals surface area contributed by atoms with E-state index in [2.05, 4.69) is 5.32 Å². The number of fused-ring (bicyclic) bond motifs is 1. The highest BCUT2D eigenvalue weighted by atomic mass is 35.5. The maximum atomic E-state index is 13.4. The van der Waals surface area contributed by atoms with Crippen LogP contribution in [-0.2, 0) is 26.2 Å². The summed E-state index contributed by atoms with van der Waals surface area (Å²) in [4.78, 5) is 40.1. The molecule has 1 heterocycles. The largest absolute Gasteiger partial charge is 0.350 e. The van der Waals surface area contributed by atoms with Crippen molar-refractivity contribution in [3.63, 3.8) is 0 Å². The SMILES string of the molecule is CC(C(=O)NC(C)(C)C)N(Cc1c(Cl)cccc1Cl)C(=O)CCN1C(=O)c2ccccc2S1(=O)=O. The van der Waals surface area contributed by atoms with Crippen molar-refractivity contribution >= 4 is 50.9 Å². The smallest absolute Gasteiger partial charge is 0.269 e. The minimum absolute atomic E-state index is 0.0672. The highest BCUT2D eigenvalue weighted by Gasteiger charge is 2.41. The normalized spacial score (nSPS) is 15.5. The van der Waals surface area contributed by atoms with Gasteiger partial charge in [-0.2, -0.15) is 0 Å². The second kappa shape index (κ2) is 10.2. The Morgan fingerprint density at radius 1 is 1.06 bits per heavy atom. The zero-order valence-corrected chi connectivity index (χ0v) is 22.2. The van der Waals surface area contributed by atoms with Crippen molar-refractivity contribution in [1.29, 1.82) is 0 Å². The van der Waals surface area contributed by atoms with Crippen molar-refractivity contribution in [2.45, 2.75) is 57.1 Å². The van der Waals surface area contributed by atoms with Crippen LogP contribution in [0.15, 0.2) is 47.4 Å². The molecule has 1 unspecified atom stereocenters. The van der Waals surface area contributed by atoms with E-state index in [0.29, 0.717) is 19.9 Å². The van der Waals surface area contributed by atoms with E-state index in [4.69, 9.17) is 23.2 Å². The zero-order chi connectivity index (χ0) is 26.1. The van der Waals surface area contributed by atoms with Gasteiger partial charge in [-0.3, -0.25) is 14.4 Å². The Balaban J connectivity index is 1.85. The molecule has 8 nitrogen and oxygen atoms in total. The average molecular weight is 540 g/mol. The first-order valence-electron chi connectivity index (χ1n) is 10.9. The minimum Gasteiger partial charge on any atom is -0.350 e. The molecule has 0 radical (unpaired) electrons. The number of carbonyl (C=O) groups excluding carboxylic acids is 3. The van der Waals surface area contributed by atoms with Crippen LogP contribution >= 0.6 is 23.2 Å². The number of sulfonamides is 1. The second-order valence-electron chi connectivity index (χ2n) is 9.27. The predicted octanol–water partition coefficient (Wildman–Crippen LogP) is 3.86. The predicted molar refractivity (Wildman–Crippen MR) is 134 cm³/mol. The average Bonchev–Trinajstić information content (AvgIpc) is 2.96. The maximum absolute atomic E-state index is 13.4. The number of nitrogens with zero attached hydrogens (tertiary/aromatic N) is 2. The first-order chi connectivity index (χ1) is 16.2. The van der Waals surface area contributed by atoms with Crippen LogP contribution in [0.2, 0.25) is 10.0 Å². The van der Waals surface area contributed by atoms with Gasteiger partial charge in [0.15, 0.2) is 0 Å². The summed E-state index contributed by atoms with van der Waals surface area (Å²) in [5.74, 6) is -1.62. The summed E-state index contributed by atoms with van der Waals surface area (Å²) in [6.45, 7) is 6.58. The van der Waals surface area contributed by atoms with Gasteiger partial charge in [-0.1, -0.05) is 41.4 Å². The molecule has 2 aromatic carbocycles. The van der Waals surface area contributed by atoms with Gasteiger partial charge in [-0.25, -0.2) is 12.7 Å². The third-order valence-corrected chi connectivity index (χ3v) is 8.05. The lowest BCUT2D eigenvalue weighted by atomic mass is 10.1. The van der Waals surface area contributed by atoms with E-state index in [-0.39, 0.29) is 30.0 Å². The summed E-state index contributed by atoms with van der Waals surface area (Å²) in [6, 6.07) is 9.88. The summed E-state index contributed by atoms with van der Waals surface area (Å²) >= 11 is 12.6. The number of rotatable bonds is 7. The molecule has 0 saturated carbocycles. The van der Waals surface area contributed by atoms with E-state index in [1.165, 1.54) is 23.1 Å². The van der Waals surface area contributed by atoms with Crippen LogP contribution in [0.25, 0.3) is 0 Å². The van der Waals surface area contributed by atoms with Crippen molar-refractivity contribution in [2.75, 3.05) is 6.54 Å². The molecule has 0 bridgehead atoms. The maximum Gasteiger partial charge on any atom is 0.269 e. The van der Waals surface area contributed by atoms with E-state index in [9.17, 15) is 22.8 Å². The van der Waals surface area contributed by atoms with E-state index in [0.717, 1.165) is 0 Å². The van der Waals surface area contributed by atoms with Gasteiger partial charge in [0.05, 0.1) is 5.56 Å². The fraction of sp³-hybridized carbons (Fsp3) is 0.375. The molecule has 3 rings (SSSR count). The lowest BCUT2D eigenvalue weighted by Gasteiger charge is -2.32. The quantitative estimate of drug-likeness (QED) is 0.575. The lowest BCUT2D eigenvalue weighted by Crippen LogP contribution is -2.52. The molecule has 1 aliphatic rings. The number of carbonyl (C=O) groups is 3. The molecule has 188 valence electrons. The van der Waals surface area contributed by atoms with Gasteiger partial charge >= 0.3 is 0 Å². The Bertz CT molecular complexity index is 1250. The monoisotopic (exact) mass is 539 g/mol. The Labute approximate surface area is 215 Å². The number of halogens is 2. The van der Waals surface area contributed by atoms with Crippen molar-refractivity contribution in [1.82, 2.24) is 14.5 Å². The van der Waals surface area contributed by atoms with Gasteiger partial charge in [-0.15, -0.1) is 0 Å². The minimum atomic E-state index is -4.06. The molecule has 0 spiro atoms. The van der Waals surface area contributed by atoms with Crippen LogP contribution in [0.3, 0.4) is 0 Å². The van der Waals surface area contributed by atoms with E-state index in [1.54, 1.807) is 31.2 Å². The Hall–Kier alpha value is -2.62. The van der Waals surface area contributed by atoms with Crippen molar-refractivity contribution in [3.05, 3.63) is 63.6 Å². The first-order valence-corrected chi connectivity index (χ1v) is 13.1. The summed E-state index contributed by atoms with van der Waals surface area (Å²) < 4.78 is 26.4. The number of hydrogen-bond acceptors (Lipinski definition) is 5. The number of hydrogen-bond donors (Lipinski definition) is 1. The molecule has 11 heteroatoms. The van der Waals surface area contributed by atoms with E-state index in [1.807, 2.05) is 20.8 Å². The van der Waals surface area contributed by atoms with Crippen molar-refractivity contribution in [2.24, 2.45) is 0 Å². The Morgan fingerprint density at radius 3 is 2.23 bits per heavy atom. The van der Waals surface area contributed by atoms with Gasteiger partial charge in [0.25, 0.3) is 15.9 Å². The van der Waals surface area contributed by atoms with Gasteiger partial charge in [0.2, 0.25) is 11.8 Å². The molecule has 1 atom stereocenters. The molecular weight excluding hydrogens is 513 g/mol. The van der Waals surface area contributed by atoms with Crippen LogP contribution in [0.4, 0.5) is 0 Å². The summed E-state index contributed by atoms with van der Waals surface area (Å²) in [7, 11) is -4.06. The molecule has 1 aliphatic heterocycles. The van der Waals surface area contributed by atoms with Crippen molar-refractivity contribution < 1.29 is 22.8 Å². The first kappa shape index (κ1) is 27.0. The van der Waals surface area contributed by atoms with Crippen LogP contribution in [-0.4, -0.2) is 53.5 Å². The molecule has 0 aliphatic carbocycles. The third-order valence-electron chi connectivity index (χ3n) is 5.50. The molecule has 0 saturated heterocycles. The molecule has 3 amide bonds. The fourth-order valence-electron chi connectivity index (χ4n) is 3.70. The van der Waals surface area contributed by atoms with Crippen LogP contribution in [0, 0.1) is 0 Å². The lowest BCUT2D eigenvalue weighted by molar-refractivity contribution is -0.141. The Morgan fingerprint density at radius 2 is 1.66 bits per heavy atom. The molecular formula is C24H27Cl2N3O5S. The molecule has 1 N–H and O–H groups in total. The molecule has 2 aromatic rings. The van der Waals surface area contributed by atoms with Gasteiger partial charge in [0, 0.05) is 40.7 Å². The standard InChI is InChI=1S/C24H27Cl2N3O5S/c1-15(22(31)27-24(2,3)4)28(14-17-18(25)9-7-10-19(17)26)21(30)12-13-29-23(32)16-8-5-6-11-20(16)35(29,33)34/h5-11,15H,12-14H2,1-4H3,(H,27,31). The summed E-state index contributed by atoms with van der Waals surface area (Å²) in [6.07, 6.45) is -0.325. The van der Waals surface area contributed by atoms with Crippen LogP contribution < -0.4 is 5.32 Å². The molecule has 0 aromatic heterocycles. The highest BCUT2D eigenvalue weighted by Crippen LogP contribution is 2.31. The van der Waals surface area contributed by atoms with E-state index >= 15 is 0 Å². The second-order valence-corrected chi connectivity index (χ2v) is 11.9.